The molecule has 0 spiro atoms. The van der Waals surface area contributed by atoms with Crippen molar-refractivity contribution in [3.05, 3.63) is 24.3 Å². The SMILES string of the molecule is CCCC/C=C\CCCCCCCC(=O)OCCCCCCCCCCCCCC/C=C\CCCCCCCCCCCCCCCCCCC(=O)NC(CO)C(O)CCCCCCCCCCCCCCCCCCCCCC. The van der Waals surface area contributed by atoms with Crippen LogP contribution in [0.3, 0.4) is 0 Å². The molecule has 0 saturated carbocycles. The molecule has 0 aliphatic carbocycles. The number of hydrogen-bond donors (Lipinski definition) is 3. The highest BCUT2D eigenvalue weighted by molar-refractivity contribution is 5.76. The Morgan fingerprint density at radius 2 is 0.600 bits per heavy atom. The Balaban J connectivity index is 3.36. The fourth-order valence-corrected chi connectivity index (χ4v) is 11.6. The van der Waals surface area contributed by atoms with Crippen molar-refractivity contribution >= 4 is 11.9 Å². The van der Waals surface area contributed by atoms with Gasteiger partial charge in [-0.1, -0.05) is 353 Å². The molecule has 0 aromatic carbocycles. The molecular weight excluding hydrogens is 983 g/mol. The largest absolute Gasteiger partial charge is 0.466 e. The Morgan fingerprint density at radius 3 is 0.925 bits per heavy atom. The van der Waals surface area contributed by atoms with Crippen molar-refractivity contribution in [3.8, 4) is 0 Å². The third kappa shape index (κ3) is 65.5. The summed E-state index contributed by atoms with van der Waals surface area (Å²) in [5.41, 5.74) is 0. The van der Waals surface area contributed by atoms with E-state index < -0.39 is 12.1 Å². The Labute approximate surface area is 501 Å². The average molecular weight is 1130 g/mol. The molecule has 474 valence electrons. The second-order valence-corrected chi connectivity index (χ2v) is 25.3. The van der Waals surface area contributed by atoms with Crippen LogP contribution in [0.5, 0.6) is 0 Å². The second kappa shape index (κ2) is 69.8. The average Bonchev–Trinajstić information content (AvgIpc) is 3.46. The predicted octanol–water partition coefficient (Wildman–Crippen LogP) is 23.7. The summed E-state index contributed by atoms with van der Waals surface area (Å²) in [6.45, 7) is 4.95. The number of carbonyl (C=O) groups excluding carboxylic acids is 2. The van der Waals surface area contributed by atoms with Crippen molar-refractivity contribution in [3.63, 3.8) is 0 Å². The van der Waals surface area contributed by atoms with Crippen LogP contribution in [0.15, 0.2) is 24.3 Å². The maximum atomic E-state index is 12.5. The van der Waals surface area contributed by atoms with Crippen LogP contribution < -0.4 is 5.32 Å². The molecule has 80 heavy (non-hydrogen) atoms. The topological polar surface area (TPSA) is 95.9 Å². The minimum absolute atomic E-state index is 0.00768. The lowest BCUT2D eigenvalue weighted by Crippen LogP contribution is -2.45. The molecule has 0 aliphatic heterocycles. The van der Waals surface area contributed by atoms with E-state index in [4.69, 9.17) is 4.74 Å². The van der Waals surface area contributed by atoms with E-state index in [0.29, 0.717) is 25.9 Å². The first-order valence-electron chi connectivity index (χ1n) is 36.6. The van der Waals surface area contributed by atoms with Crippen LogP contribution in [0, 0.1) is 0 Å². The number of esters is 1. The van der Waals surface area contributed by atoms with Crippen LogP contribution in [-0.4, -0.2) is 47.4 Å². The van der Waals surface area contributed by atoms with Gasteiger partial charge in [-0.25, -0.2) is 0 Å². The van der Waals surface area contributed by atoms with E-state index in [-0.39, 0.29) is 18.5 Å². The van der Waals surface area contributed by atoms with Gasteiger partial charge in [0.05, 0.1) is 25.4 Å². The van der Waals surface area contributed by atoms with Gasteiger partial charge < -0.3 is 20.3 Å². The molecule has 0 aromatic rings. The first-order chi connectivity index (χ1) is 39.5. The van der Waals surface area contributed by atoms with Crippen molar-refractivity contribution in [1.29, 1.82) is 0 Å². The van der Waals surface area contributed by atoms with Crippen LogP contribution in [0.4, 0.5) is 0 Å². The molecule has 2 unspecified atom stereocenters. The summed E-state index contributed by atoms with van der Waals surface area (Å²) in [5.74, 6) is -0.0201. The molecule has 6 nitrogen and oxygen atoms in total. The number of aliphatic hydroxyl groups excluding tert-OH is 2. The summed E-state index contributed by atoms with van der Waals surface area (Å²) in [5, 5.41) is 23.4. The fraction of sp³-hybridized carbons (Fsp3) is 0.919. The number of rotatable bonds is 69. The van der Waals surface area contributed by atoms with Gasteiger partial charge in [0.25, 0.3) is 0 Å². The van der Waals surface area contributed by atoms with E-state index in [1.807, 2.05) is 0 Å². The van der Waals surface area contributed by atoms with Crippen molar-refractivity contribution in [1.82, 2.24) is 5.32 Å². The van der Waals surface area contributed by atoms with Gasteiger partial charge in [0.2, 0.25) is 5.91 Å². The van der Waals surface area contributed by atoms with E-state index in [2.05, 4.69) is 43.5 Å². The smallest absolute Gasteiger partial charge is 0.305 e. The molecule has 0 saturated heterocycles. The number of carbonyl (C=O) groups is 2. The van der Waals surface area contributed by atoms with Gasteiger partial charge in [0.1, 0.15) is 0 Å². The van der Waals surface area contributed by atoms with E-state index in [0.717, 1.165) is 44.9 Å². The van der Waals surface area contributed by atoms with Gasteiger partial charge in [0, 0.05) is 12.8 Å². The molecule has 0 radical (unpaired) electrons. The van der Waals surface area contributed by atoms with Crippen LogP contribution in [0.25, 0.3) is 0 Å². The number of allylic oxidation sites excluding steroid dienone is 4. The highest BCUT2D eigenvalue weighted by Gasteiger charge is 2.20. The number of aliphatic hydroxyl groups is 2. The van der Waals surface area contributed by atoms with Gasteiger partial charge in [-0.05, 0) is 70.6 Å². The molecule has 0 fully saturated rings. The molecule has 2 atom stereocenters. The number of amides is 1. The molecule has 6 heteroatoms. The van der Waals surface area contributed by atoms with Crippen molar-refractivity contribution in [2.75, 3.05) is 13.2 Å². The Morgan fingerprint density at radius 1 is 0.338 bits per heavy atom. The minimum atomic E-state index is -0.663. The summed E-state index contributed by atoms with van der Waals surface area (Å²) in [7, 11) is 0. The zero-order chi connectivity index (χ0) is 57.8. The number of hydrogen-bond acceptors (Lipinski definition) is 5. The number of nitrogens with one attached hydrogen (secondary N) is 1. The zero-order valence-electron chi connectivity index (χ0n) is 54.3. The molecule has 0 heterocycles. The molecule has 1 amide bonds. The van der Waals surface area contributed by atoms with Gasteiger partial charge in [-0.2, -0.15) is 0 Å². The maximum Gasteiger partial charge on any atom is 0.305 e. The highest BCUT2D eigenvalue weighted by atomic mass is 16.5. The maximum absolute atomic E-state index is 12.5. The standard InChI is InChI=1S/C74H143NO5/c1-3-5-7-9-11-13-15-16-17-18-19-34-37-40-43-47-50-54-58-62-66-72(77)71(70-76)75-73(78)67-63-59-55-51-48-44-41-38-35-32-30-28-26-24-22-20-21-23-25-27-29-31-33-36-39-42-45-49-53-57-61-65-69-80-74(79)68-64-60-56-52-46-14-12-10-8-6-4-2/h10,12,23,25,71-72,76-77H,3-9,11,13-22,24,26-70H2,1-2H3,(H,75,78)/b12-10-,25-23-. The number of unbranched alkanes of at least 4 members (excludes halogenated alkanes) is 54. The molecule has 3 N–H and O–H groups in total. The quantitative estimate of drug-likeness (QED) is 0.0320. The lowest BCUT2D eigenvalue weighted by atomic mass is 10.0. The van der Waals surface area contributed by atoms with Crippen molar-refractivity contribution < 1.29 is 24.5 Å². The summed E-state index contributed by atoms with van der Waals surface area (Å²) >= 11 is 0. The minimum Gasteiger partial charge on any atom is -0.466 e. The van der Waals surface area contributed by atoms with Crippen LogP contribution in [0.1, 0.15) is 412 Å². The van der Waals surface area contributed by atoms with E-state index >= 15 is 0 Å². The van der Waals surface area contributed by atoms with Crippen molar-refractivity contribution in [2.45, 2.75) is 424 Å². The third-order valence-corrected chi connectivity index (χ3v) is 17.2. The fourth-order valence-electron chi connectivity index (χ4n) is 11.6. The lowest BCUT2D eigenvalue weighted by molar-refractivity contribution is -0.143. The van der Waals surface area contributed by atoms with Crippen LogP contribution >= 0.6 is 0 Å². The first-order valence-corrected chi connectivity index (χ1v) is 36.6. The normalized spacial score (nSPS) is 12.6. The number of ether oxygens (including phenoxy) is 1. The summed E-state index contributed by atoms with van der Waals surface area (Å²) in [4.78, 5) is 24.6. The van der Waals surface area contributed by atoms with E-state index in [1.54, 1.807) is 0 Å². The third-order valence-electron chi connectivity index (χ3n) is 17.2. The van der Waals surface area contributed by atoms with Gasteiger partial charge >= 0.3 is 5.97 Å². The summed E-state index contributed by atoms with van der Waals surface area (Å²) in [6, 6.07) is -0.540. The Kier molecular flexibility index (Phi) is 68.4. The van der Waals surface area contributed by atoms with Crippen LogP contribution in [0.2, 0.25) is 0 Å². The summed E-state index contributed by atoms with van der Waals surface area (Å²) < 4.78 is 5.47. The van der Waals surface area contributed by atoms with Gasteiger partial charge in [-0.15, -0.1) is 0 Å². The summed E-state index contributed by atoms with van der Waals surface area (Å²) in [6.07, 6.45) is 88.2. The highest BCUT2D eigenvalue weighted by Crippen LogP contribution is 2.19. The molecule has 0 aromatic heterocycles. The monoisotopic (exact) mass is 1130 g/mol. The predicted molar refractivity (Wildman–Crippen MR) is 352 cm³/mol. The van der Waals surface area contributed by atoms with E-state index in [1.165, 1.54) is 334 Å². The molecular formula is C74H143NO5. The van der Waals surface area contributed by atoms with Gasteiger partial charge in [-0.3, -0.25) is 9.59 Å². The van der Waals surface area contributed by atoms with Gasteiger partial charge in [0.15, 0.2) is 0 Å². The lowest BCUT2D eigenvalue weighted by Gasteiger charge is -2.22. The second-order valence-electron chi connectivity index (χ2n) is 25.3. The Bertz CT molecular complexity index is 1250. The van der Waals surface area contributed by atoms with Crippen LogP contribution in [-0.2, 0) is 14.3 Å². The molecule has 0 rings (SSSR count). The molecule has 0 aliphatic rings. The van der Waals surface area contributed by atoms with Crippen molar-refractivity contribution in [2.24, 2.45) is 0 Å². The molecule has 0 bridgehead atoms. The first kappa shape index (κ1) is 78.3. The Hall–Kier alpha value is -1.66. The zero-order valence-corrected chi connectivity index (χ0v) is 54.3. The van der Waals surface area contributed by atoms with E-state index in [9.17, 15) is 19.8 Å².